The highest BCUT2D eigenvalue weighted by Crippen LogP contribution is 2.39. The molecule has 6 nitrogen and oxygen atoms in total. The van der Waals surface area contributed by atoms with E-state index in [1.807, 2.05) is 0 Å². The summed E-state index contributed by atoms with van der Waals surface area (Å²) in [6.07, 6.45) is 0. The van der Waals surface area contributed by atoms with Gasteiger partial charge in [-0.05, 0) is 18.2 Å². The highest BCUT2D eigenvalue weighted by Gasteiger charge is 2.23. The predicted molar refractivity (Wildman–Crippen MR) is 55.1 cm³/mol. The minimum atomic E-state index is -4.14. The van der Waals surface area contributed by atoms with Gasteiger partial charge < -0.3 is 15.3 Å². The first-order valence-electron chi connectivity index (χ1n) is 4.18. The van der Waals surface area contributed by atoms with Crippen LogP contribution in [-0.2, 0) is 14.3 Å². The Bertz CT molecular complexity index is 484. The maximum atomic E-state index is 11.5. The average Bonchev–Trinajstić information content (AvgIpc) is 2.23. The lowest BCUT2D eigenvalue weighted by Gasteiger charge is -2.08. The molecule has 3 N–H and O–H groups in total. The number of aromatic hydroxyl groups is 3. The zero-order valence-electron chi connectivity index (χ0n) is 8.04. The second-order valence-electron chi connectivity index (χ2n) is 2.81. The van der Waals surface area contributed by atoms with Crippen molar-refractivity contribution < 1.29 is 27.9 Å². The molecule has 0 bridgehead atoms. The number of phenolic OH excluding ortho intramolecular Hbond substituents is 3. The predicted octanol–water partition coefficient (Wildman–Crippen LogP) is 0.0955. The van der Waals surface area contributed by atoms with Crippen LogP contribution in [-0.4, -0.2) is 40.6 Å². The molecule has 0 amide bonds. The Morgan fingerprint density at radius 3 is 2.38 bits per heavy atom. The molecule has 0 aliphatic rings. The lowest BCUT2D eigenvalue weighted by atomic mass is 10.3. The fraction of sp³-hybridized carbons (Fsp3) is 0.250. The minimum Gasteiger partial charge on any atom is -0.504 e. The Kier molecular flexibility index (Phi) is 3.78. The number of hydrogen-bond donors (Lipinski definition) is 3. The van der Waals surface area contributed by atoms with Gasteiger partial charge >= 0.3 is 10.1 Å². The van der Waals surface area contributed by atoms with Crippen molar-refractivity contribution in [3.05, 3.63) is 12.1 Å². The Morgan fingerprint density at radius 1 is 1.19 bits per heavy atom. The van der Waals surface area contributed by atoms with Gasteiger partial charge in [-0.2, -0.15) is 8.42 Å². The topological polar surface area (TPSA) is 104 Å². The van der Waals surface area contributed by atoms with Gasteiger partial charge in [0.25, 0.3) is 0 Å². The van der Waals surface area contributed by atoms with Crippen molar-refractivity contribution in [2.75, 3.05) is 6.61 Å². The molecule has 16 heavy (non-hydrogen) atoms. The van der Waals surface area contributed by atoms with Crippen LogP contribution in [0.3, 0.4) is 0 Å². The molecule has 0 aromatic heterocycles. The number of phenols is 3. The van der Waals surface area contributed by atoms with E-state index in [1.54, 1.807) is 0 Å². The average molecular weight is 261 g/mol. The first-order valence-corrected chi connectivity index (χ1v) is 6.29. The van der Waals surface area contributed by atoms with Gasteiger partial charge in [-0.25, -0.2) is 0 Å². The standard InChI is InChI=1S/C8H9O6SSi/c9-5-1-2-6(8(11)7(5)10)15(12,13)14-3-4-16/h1-2,9-11H,3-4H2. The molecule has 87 valence electrons. The second kappa shape index (κ2) is 4.72. The summed E-state index contributed by atoms with van der Waals surface area (Å²) in [4.78, 5) is -0.595. The quantitative estimate of drug-likeness (QED) is 0.403. The SMILES string of the molecule is O=S(=O)(OCC[Si])c1ccc(O)c(O)c1O. The third kappa shape index (κ3) is 2.46. The van der Waals surface area contributed by atoms with Crippen molar-refractivity contribution >= 4 is 20.4 Å². The highest BCUT2D eigenvalue weighted by atomic mass is 32.2. The minimum absolute atomic E-state index is 0.111. The summed E-state index contributed by atoms with van der Waals surface area (Å²) in [5.74, 6) is -2.45. The zero-order valence-corrected chi connectivity index (χ0v) is 9.86. The number of benzene rings is 1. The normalized spacial score (nSPS) is 11.6. The Hall–Kier alpha value is -1.25. The maximum Gasteiger partial charge on any atom is 0.300 e. The van der Waals surface area contributed by atoms with Crippen LogP contribution in [0.15, 0.2) is 17.0 Å². The molecule has 1 aromatic carbocycles. The highest BCUT2D eigenvalue weighted by molar-refractivity contribution is 7.86. The van der Waals surface area contributed by atoms with Crippen LogP contribution in [0.1, 0.15) is 0 Å². The fourth-order valence-corrected chi connectivity index (χ4v) is 2.21. The van der Waals surface area contributed by atoms with Gasteiger partial charge in [-0.15, -0.1) is 0 Å². The molecule has 0 aliphatic carbocycles. The molecule has 3 radical (unpaired) electrons. The lowest BCUT2D eigenvalue weighted by Crippen LogP contribution is -2.07. The van der Waals surface area contributed by atoms with E-state index in [4.69, 9.17) is 10.2 Å². The number of rotatable bonds is 4. The van der Waals surface area contributed by atoms with Crippen LogP contribution in [0.5, 0.6) is 17.2 Å². The molecular formula is C8H9O6SSi. The molecule has 0 spiro atoms. The van der Waals surface area contributed by atoms with Gasteiger partial charge in [-0.3, -0.25) is 4.18 Å². The summed E-state index contributed by atoms with van der Waals surface area (Å²) in [5, 5.41) is 27.5. The molecule has 0 unspecified atom stereocenters. The summed E-state index contributed by atoms with van der Waals surface area (Å²) < 4.78 is 27.5. The van der Waals surface area contributed by atoms with Crippen molar-refractivity contribution in [3.63, 3.8) is 0 Å². The summed E-state index contributed by atoms with van der Waals surface area (Å²) in [6, 6.07) is 2.18. The Morgan fingerprint density at radius 2 is 1.81 bits per heavy atom. The van der Waals surface area contributed by atoms with Gasteiger partial charge in [-0.1, -0.05) is 0 Å². The summed E-state index contributed by atoms with van der Waals surface area (Å²) in [6.45, 7) is -0.111. The molecular weight excluding hydrogens is 252 g/mol. The zero-order chi connectivity index (χ0) is 12.3. The summed E-state index contributed by atoms with van der Waals surface area (Å²) in [5.41, 5.74) is 0. The van der Waals surface area contributed by atoms with Crippen LogP contribution in [0.4, 0.5) is 0 Å². The van der Waals surface area contributed by atoms with Crippen molar-refractivity contribution in [3.8, 4) is 17.2 Å². The van der Waals surface area contributed by atoms with E-state index < -0.39 is 32.3 Å². The van der Waals surface area contributed by atoms with Gasteiger partial charge in [0.1, 0.15) is 4.90 Å². The van der Waals surface area contributed by atoms with E-state index in [2.05, 4.69) is 14.4 Å². The van der Waals surface area contributed by atoms with E-state index in [0.717, 1.165) is 12.1 Å². The van der Waals surface area contributed by atoms with E-state index >= 15 is 0 Å². The van der Waals surface area contributed by atoms with Crippen molar-refractivity contribution in [2.45, 2.75) is 10.9 Å². The molecule has 0 fully saturated rings. The van der Waals surface area contributed by atoms with E-state index in [9.17, 15) is 13.5 Å². The van der Waals surface area contributed by atoms with Gasteiger partial charge in [0, 0.05) is 10.2 Å². The fourth-order valence-electron chi connectivity index (χ4n) is 0.967. The van der Waals surface area contributed by atoms with Crippen LogP contribution < -0.4 is 0 Å². The molecule has 8 heteroatoms. The lowest BCUT2D eigenvalue weighted by molar-refractivity contribution is 0.329. The van der Waals surface area contributed by atoms with E-state index in [-0.39, 0.29) is 6.61 Å². The molecule has 1 rings (SSSR count). The molecule has 0 saturated carbocycles. The van der Waals surface area contributed by atoms with Crippen LogP contribution in [0, 0.1) is 0 Å². The monoisotopic (exact) mass is 261 g/mol. The summed E-state index contributed by atoms with van der Waals surface area (Å²) >= 11 is 0. The molecule has 0 heterocycles. The van der Waals surface area contributed by atoms with Gasteiger partial charge in [0.2, 0.25) is 5.75 Å². The van der Waals surface area contributed by atoms with Crippen LogP contribution >= 0.6 is 0 Å². The van der Waals surface area contributed by atoms with Gasteiger partial charge in [0.05, 0.1) is 6.61 Å². The molecule has 1 aromatic rings. The Balaban J connectivity index is 3.19. The molecule has 0 aliphatic heterocycles. The second-order valence-corrected chi connectivity index (χ2v) is 4.89. The van der Waals surface area contributed by atoms with Crippen molar-refractivity contribution in [2.24, 2.45) is 0 Å². The first-order chi connectivity index (χ1) is 7.40. The third-order valence-corrected chi connectivity index (χ3v) is 3.25. The Labute approximate surface area is 95.7 Å². The molecule has 0 atom stereocenters. The third-order valence-electron chi connectivity index (χ3n) is 1.70. The van der Waals surface area contributed by atoms with Crippen molar-refractivity contribution in [1.29, 1.82) is 0 Å². The van der Waals surface area contributed by atoms with Crippen molar-refractivity contribution in [1.82, 2.24) is 0 Å². The van der Waals surface area contributed by atoms with E-state index in [1.165, 1.54) is 0 Å². The van der Waals surface area contributed by atoms with Gasteiger partial charge in [0.15, 0.2) is 11.5 Å². The largest absolute Gasteiger partial charge is 0.504 e. The first kappa shape index (κ1) is 12.8. The van der Waals surface area contributed by atoms with E-state index in [0.29, 0.717) is 6.04 Å². The maximum absolute atomic E-state index is 11.5. The van der Waals surface area contributed by atoms with Crippen LogP contribution in [0.25, 0.3) is 0 Å². The number of hydrogen-bond acceptors (Lipinski definition) is 6. The smallest absolute Gasteiger partial charge is 0.300 e. The summed E-state index contributed by atoms with van der Waals surface area (Å²) in [7, 11) is -1.12. The molecule has 0 saturated heterocycles. The van der Waals surface area contributed by atoms with Crippen LogP contribution in [0.2, 0.25) is 6.04 Å².